The summed E-state index contributed by atoms with van der Waals surface area (Å²) < 4.78 is 0. The monoisotopic (exact) mass is 363 g/mol. The minimum Gasteiger partial charge on any atom is -0.367 e. The van der Waals surface area contributed by atoms with E-state index in [1.54, 1.807) is 0 Å². The molecule has 2 aromatic rings. The Balaban J connectivity index is 1.29. The maximum atomic E-state index is 12.2. The lowest BCUT2D eigenvalue weighted by atomic mass is 9.98. The van der Waals surface area contributed by atoms with E-state index in [2.05, 4.69) is 64.1 Å². The second kappa shape index (κ2) is 7.82. The van der Waals surface area contributed by atoms with Gasteiger partial charge in [-0.25, -0.2) is 0 Å². The van der Waals surface area contributed by atoms with Crippen LogP contribution < -0.4 is 15.5 Å². The zero-order valence-corrected chi connectivity index (χ0v) is 15.4. The molecule has 5 nitrogen and oxygen atoms in total. The highest BCUT2D eigenvalue weighted by Crippen LogP contribution is 2.28. The molecule has 1 atom stereocenters. The van der Waals surface area contributed by atoms with Gasteiger partial charge >= 0.3 is 0 Å². The van der Waals surface area contributed by atoms with Gasteiger partial charge in [0.15, 0.2) is 0 Å². The molecule has 2 aliphatic rings. The van der Waals surface area contributed by atoms with Crippen LogP contribution in [-0.2, 0) is 29.1 Å². The van der Waals surface area contributed by atoms with Crippen molar-refractivity contribution in [3.63, 3.8) is 0 Å². The van der Waals surface area contributed by atoms with Crippen LogP contribution in [0.1, 0.15) is 29.5 Å². The number of nitrogens with zero attached hydrogens (tertiary/aromatic N) is 1. The zero-order valence-electron chi connectivity index (χ0n) is 15.4. The van der Waals surface area contributed by atoms with E-state index < -0.39 is 0 Å². The van der Waals surface area contributed by atoms with Crippen molar-refractivity contribution in [2.75, 3.05) is 18.0 Å². The molecule has 2 N–H and O–H groups in total. The highest BCUT2D eigenvalue weighted by atomic mass is 16.2. The molecule has 2 aliphatic heterocycles. The molecule has 0 unspecified atom stereocenters. The quantitative estimate of drug-likeness (QED) is 0.858. The second-order valence-corrected chi connectivity index (χ2v) is 7.37. The first-order valence-electron chi connectivity index (χ1n) is 9.64. The Hall–Kier alpha value is -2.82. The Bertz CT molecular complexity index is 822. The number of fused-ring (bicyclic) bond motifs is 1. The van der Waals surface area contributed by atoms with Crippen molar-refractivity contribution in [2.24, 2.45) is 5.92 Å². The smallest absolute Gasteiger partial charge is 0.225 e. The molecule has 27 heavy (non-hydrogen) atoms. The fraction of sp³-hybridized carbons (Fsp3) is 0.364. The summed E-state index contributed by atoms with van der Waals surface area (Å²) in [6, 6.07) is 17.1. The lowest BCUT2D eigenvalue weighted by molar-refractivity contribution is -0.129. The number of amides is 2. The molecule has 1 fully saturated rings. The maximum absolute atomic E-state index is 12.2. The summed E-state index contributed by atoms with van der Waals surface area (Å²) in [6.45, 7) is 2.94. The molecule has 0 bridgehead atoms. The molecule has 0 saturated carbocycles. The first-order valence-corrected chi connectivity index (χ1v) is 9.64. The lowest BCUT2D eigenvalue weighted by Gasteiger charge is -2.21. The van der Waals surface area contributed by atoms with Crippen LogP contribution in [0.4, 0.5) is 5.69 Å². The van der Waals surface area contributed by atoms with Gasteiger partial charge in [-0.05, 0) is 35.6 Å². The highest BCUT2D eigenvalue weighted by molar-refractivity contribution is 5.83. The van der Waals surface area contributed by atoms with Crippen molar-refractivity contribution in [3.05, 3.63) is 65.2 Å². The van der Waals surface area contributed by atoms with Gasteiger partial charge in [0.2, 0.25) is 11.8 Å². The number of carbonyl (C=O) groups excluding carboxylic acids is 2. The van der Waals surface area contributed by atoms with Crippen LogP contribution in [0.2, 0.25) is 0 Å². The van der Waals surface area contributed by atoms with E-state index in [0.717, 1.165) is 25.1 Å². The van der Waals surface area contributed by atoms with Crippen molar-refractivity contribution in [3.8, 4) is 0 Å². The van der Waals surface area contributed by atoms with E-state index in [1.165, 1.54) is 16.8 Å². The summed E-state index contributed by atoms with van der Waals surface area (Å²) in [5.41, 5.74) is 5.13. The van der Waals surface area contributed by atoms with Gasteiger partial charge in [0.05, 0.1) is 5.92 Å². The van der Waals surface area contributed by atoms with Crippen LogP contribution >= 0.6 is 0 Å². The Morgan fingerprint density at radius 1 is 1.07 bits per heavy atom. The van der Waals surface area contributed by atoms with Crippen LogP contribution in [0, 0.1) is 5.92 Å². The van der Waals surface area contributed by atoms with Gasteiger partial charge in [0.25, 0.3) is 0 Å². The van der Waals surface area contributed by atoms with Gasteiger partial charge in [-0.15, -0.1) is 0 Å². The molecule has 4 rings (SSSR count). The van der Waals surface area contributed by atoms with Gasteiger partial charge in [-0.3, -0.25) is 9.59 Å². The number of carbonyl (C=O) groups is 2. The lowest BCUT2D eigenvalue weighted by Crippen LogP contribution is -2.42. The predicted molar refractivity (Wildman–Crippen MR) is 105 cm³/mol. The number of piperidine rings is 1. The van der Waals surface area contributed by atoms with Gasteiger partial charge < -0.3 is 15.5 Å². The Labute approximate surface area is 159 Å². The van der Waals surface area contributed by atoms with Crippen molar-refractivity contribution >= 4 is 17.5 Å². The Morgan fingerprint density at radius 3 is 2.63 bits per heavy atom. The summed E-state index contributed by atoms with van der Waals surface area (Å²) in [7, 11) is 0. The van der Waals surface area contributed by atoms with Crippen LogP contribution in [0.3, 0.4) is 0 Å². The van der Waals surface area contributed by atoms with E-state index in [-0.39, 0.29) is 17.7 Å². The zero-order chi connectivity index (χ0) is 18.6. The summed E-state index contributed by atoms with van der Waals surface area (Å²) in [5.74, 6) is -0.0553. The molecule has 0 radical (unpaired) electrons. The SMILES string of the molecule is O=C1CC[C@H](C(=O)NCc2ccc(CN3CCc4ccccc43)cc2)CN1. The fourth-order valence-corrected chi connectivity index (χ4v) is 3.84. The van der Waals surface area contributed by atoms with E-state index in [1.807, 2.05) is 0 Å². The van der Waals surface area contributed by atoms with Crippen molar-refractivity contribution in [2.45, 2.75) is 32.4 Å². The third-order valence-electron chi connectivity index (χ3n) is 5.48. The number of rotatable bonds is 5. The predicted octanol–water partition coefficient (Wildman–Crippen LogP) is 2.39. The summed E-state index contributed by atoms with van der Waals surface area (Å²) in [4.78, 5) is 25.8. The van der Waals surface area contributed by atoms with Gasteiger partial charge in [-0.2, -0.15) is 0 Å². The van der Waals surface area contributed by atoms with Crippen molar-refractivity contribution in [1.29, 1.82) is 0 Å². The van der Waals surface area contributed by atoms with Crippen LogP contribution in [0.25, 0.3) is 0 Å². The molecule has 1 saturated heterocycles. The van der Waals surface area contributed by atoms with Crippen molar-refractivity contribution < 1.29 is 9.59 Å². The molecular weight excluding hydrogens is 338 g/mol. The molecule has 0 aromatic heterocycles. The van der Waals surface area contributed by atoms with Crippen LogP contribution in [0.5, 0.6) is 0 Å². The van der Waals surface area contributed by atoms with E-state index >= 15 is 0 Å². The van der Waals surface area contributed by atoms with Gasteiger partial charge in [-0.1, -0.05) is 42.5 Å². The minimum atomic E-state index is -0.114. The molecule has 0 spiro atoms. The Kier molecular flexibility index (Phi) is 5.10. The normalized spacial score (nSPS) is 18.7. The summed E-state index contributed by atoms with van der Waals surface area (Å²) >= 11 is 0. The Morgan fingerprint density at radius 2 is 1.85 bits per heavy atom. The van der Waals surface area contributed by atoms with Gasteiger partial charge in [0.1, 0.15) is 0 Å². The number of anilines is 1. The number of nitrogens with one attached hydrogen (secondary N) is 2. The highest BCUT2D eigenvalue weighted by Gasteiger charge is 2.24. The van der Waals surface area contributed by atoms with E-state index in [4.69, 9.17) is 0 Å². The maximum Gasteiger partial charge on any atom is 0.225 e. The molecule has 2 heterocycles. The number of hydrogen-bond acceptors (Lipinski definition) is 3. The second-order valence-electron chi connectivity index (χ2n) is 7.37. The topological polar surface area (TPSA) is 61.4 Å². The molecule has 5 heteroatoms. The van der Waals surface area contributed by atoms with E-state index in [9.17, 15) is 9.59 Å². The molecular formula is C22H25N3O2. The molecule has 0 aliphatic carbocycles. The molecule has 140 valence electrons. The van der Waals surface area contributed by atoms with Crippen LogP contribution in [0.15, 0.2) is 48.5 Å². The summed E-state index contributed by atoms with van der Waals surface area (Å²) in [6.07, 6.45) is 2.18. The third-order valence-corrected chi connectivity index (χ3v) is 5.48. The molecule has 2 aromatic carbocycles. The standard InChI is InChI=1S/C22H25N3O2/c26-21-10-9-19(14-23-21)22(27)24-13-16-5-7-17(8-6-16)15-25-12-11-18-3-1-2-4-20(18)25/h1-8,19H,9-15H2,(H,23,26)(H,24,27)/t19-/m0/s1. The largest absolute Gasteiger partial charge is 0.367 e. The number of hydrogen-bond donors (Lipinski definition) is 2. The fourth-order valence-electron chi connectivity index (χ4n) is 3.84. The molecule has 2 amide bonds. The minimum absolute atomic E-state index is 0.0211. The van der Waals surface area contributed by atoms with Crippen molar-refractivity contribution in [1.82, 2.24) is 10.6 Å². The number of benzene rings is 2. The number of para-hydroxylation sites is 1. The summed E-state index contributed by atoms with van der Waals surface area (Å²) in [5, 5.41) is 5.74. The average Bonchev–Trinajstić information content (AvgIpc) is 3.11. The first kappa shape index (κ1) is 17.6. The first-order chi connectivity index (χ1) is 13.2. The van der Waals surface area contributed by atoms with Crippen LogP contribution in [-0.4, -0.2) is 24.9 Å². The third kappa shape index (κ3) is 4.13. The average molecular weight is 363 g/mol. The van der Waals surface area contributed by atoms with Gasteiger partial charge in [0, 0.05) is 38.3 Å². The van der Waals surface area contributed by atoms with E-state index in [0.29, 0.717) is 25.9 Å².